The summed E-state index contributed by atoms with van der Waals surface area (Å²) in [7, 11) is 0. The van der Waals surface area contributed by atoms with Gasteiger partial charge in [-0.1, -0.05) is 12.1 Å². The number of aromatic amines is 1. The predicted molar refractivity (Wildman–Crippen MR) is 98.4 cm³/mol. The van der Waals surface area contributed by atoms with Crippen LogP contribution in [0.3, 0.4) is 0 Å². The fraction of sp³-hybridized carbons (Fsp3) is 0.158. The van der Waals surface area contributed by atoms with Gasteiger partial charge in [0, 0.05) is 24.0 Å². The molecule has 0 saturated carbocycles. The van der Waals surface area contributed by atoms with E-state index in [1.165, 1.54) is 12.4 Å². The van der Waals surface area contributed by atoms with Gasteiger partial charge >= 0.3 is 6.18 Å². The van der Waals surface area contributed by atoms with E-state index in [0.29, 0.717) is 11.4 Å². The molecule has 0 fully saturated rings. The van der Waals surface area contributed by atoms with Crippen LogP contribution in [-0.2, 0) is 12.7 Å². The molecule has 0 amide bonds. The second-order valence-electron chi connectivity index (χ2n) is 6.21. The molecule has 4 rings (SSSR count). The van der Waals surface area contributed by atoms with Crippen LogP contribution in [0.5, 0.6) is 0 Å². The van der Waals surface area contributed by atoms with Crippen molar-refractivity contribution in [3.63, 3.8) is 0 Å². The zero-order chi connectivity index (χ0) is 19.7. The average Bonchev–Trinajstić information content (AvgIpc) is 3.11. The summed E-state index contributed by atoms with van der Waals surface area (Å²) in [6, 6.07) is 9.85. The third-order valence-corrected chi connectivity index (χ3v) is 4.14. The third kappa shape index (κ3) is 3.64. The van der Waals surface area contributed by atoms with E-state index in [4.69, 9.17) is 0 Å². The Morgan fingerprint density at radius 2 is 1.93 bits per heavy atom. The molecule has 142 valence electrons. The van der Waals surface area contributed by atoms with Crippen molar-refractivity contribution in [2.75, 3.05) is 5.32 Å². The van der Waals surface area contributed by atoms with Crippen LogP contribution >= 0.6 is 0 Å². The Bertz CT molecular complexity index is 1120. The minimum absolute atomic E-state index is 0.0501. The number of hydrogen-bond acceptors (Lipinski definition) is 5. The van der Waals surface area contributed by atoms with Crippen molar-refractivity contribution in [1.82, 2.24) is 24.9 Å². The number of aryl methyl sites for hydroxylation is 1. The summed E-state index contributed by atoms with van der Waals surface area (Å²) in [6.45, 7) is 2.13. The second kappa shape index (κ2) is 6.91. The molecule has 0 aliphatic heterocycles. The van der Waals surface area contributed by atoms with Crippen LogP contribution < -0.4 is 5.32 Å². The average molecular weight is 384 g/mol. The number of para-hydroxylation sites is 1. The van der Waals surface area contributed by atoms with Gasteiger partial charge in [-0.15, -0.1) is 0 Å². The van der Waals surface area contributed by atoms with Crippen LogP contribution in [0.4, 0.5) is 19.0 Å². The number of fused-ring (bicyclic) bond motifs is 1. The van der Waals surface area contributed by atoms with Crippen molar-refractivity contribution in [3.05, 3.63) is 65.9 Å². The van der Waals surface area contributed by atoms with Crippen molar-refractivity contribution in [1.29, 1.82) is 0 Å². The molecule has 0 aliphatic rings. The number of benzene rings is 1. The zero-order valence-corrected chi connectivity index (χ0v) is 14.7. The number of halogens is 3. The van der Waals surface area contributed by atoms with Crippen LogP contribution in [-0.4, -0.2) is 24.9 Å². The molecule has 0 radical (unpaired) electrons. The molecule has 3 heterocycles. The molecule has 2 N–H and O–H groups in total. The van der Waals surface area contributed by atoms with Crippen molar-refractivity contribution < 1.29 is 13.2 Å². The first-order valence-corrected chi connectivity index (χ1v) is 8.45. The zero-order valence-electron chi connectivity index (χ0n) is 14.7. The van der Waals surface area contributed by atoms with Crippen molar-refractivity contribution >= 4 is 16.9 Å². The Labute approximate surface area is 157 Å². The highest BCUT2D eigenvalue weighted by Crippen LogP contribution is 2.30. The lowest BCUT2D eigenvalue weighted by Crippen LogP contribution is -2.12. The van der Waals surface area contributed by atoms with E-state index in [9.17, 15) is 13.2 Å². The lowest BCUT2D eigenvalue weighted by Gasteiger charge is -2.11. The Kier molecular flexibility index (Phi) is 4.42. The van der Waals surface area contributed by atoms with E-state index in [1.807, 2.05) is 25.1 Å². The Morgan fingerprint density at radius 3 is 2.64 bits per heavy atom. The fourth-order valence-electron chi connectivity index (χ4n) is 2.79. The molecule has 0 bridgehead atoms. The van der Waals surface area contributed by atoms with Gasteiger partial charge in [0.05, 0.1) is 17.6 Å². The first-order valence-electron chi connectivity index (χ1n) is 8.45. The largest absolute Gasteiger partial charge is 0.433 e. The molecule has 1 aromatic carbocycles. The molecule has 9 heteroatoms. The van der Waals surface area contributed by atoms with E-state index in [0.717, 1.165) is 22.7 Å². The number of pyridine rings is 1. The van der Waals surface area contributed by atoms with E-state index in [1.54, 1.807) is 12.1 Å². The molecule has 6 nitrogen and oxygen atoms in total. The van der Waals surface area contributed by atoms with Gasteiger partial charge in [0.2, 0.25) is 0 Å². The standard InChI is InChI=1S/C19H15F3N6/c1-11-4-2-6-13-17(11)27-16(25-13)10-24-15-8-14(19(20,21)22)26-18(28-15)12-5-3-7-23-9-12/h2-9H,10H2,1H3,(H,25,27)(H,24,26,28). The van der Waals surface area contributed by atoms with Crippen LogP contribution in [0.1, 0.15) is 17.1 Å². The quantitative estimate of drug-likeness (QED) is 0.547. The number of alkyl halides is 3. The van der Waals surface area contributed by atoms with Crippen LogP contribution in [0, 0.1) is 6.92 Å². The minimum atomic E-state index is -4.59. The highest BCUT2D eigenvalue weighted by atomic mass is 19.4. The lowest BCUT2D eigenvalue weighted by atomic mass is 10.2. The topological polar surface area (TPSA) is 79.4 Å². The smallest absolute Gasteiger partial charge is 0.363 e. The number of nitrogens with one attached hydrogen (secondary N) is 2. The van der Waals surface area contributed by atoms with E-state index < -0.39 is 11.9 Å². The van der Waals surface area contributed by atoms with Gasteiger partial charge in [-0.25, -0.2) is 15.0 Å². The molecule has 0 unspecified atom stereocenters. The van der Waals surface area contributed by atoms with Crippen LogP contribution in [0.2, 0.25) is 0 Å². The molecular formula is C19H15F3N6. The van der Waals surface area contributed by atoms with Gasteiger partial charge in [-0.3, -0.25) is 4.98 Å². The maximum atomic E-state index is 13.3. The summed E-state index contributed by atoms with van der Waals surface area (Å²) < 4.78 is 39.8. The third-order valence-electron chi connectivity index (χ3n) is 4.14. The monoisotopic (exact) mass is 384 g/mol. The summed E-state index contributed by atoms with van der Waals surface area (Å²) in [5, 5.41) is 2.90. The highest BCUT2D eigenvalue weighted by Gasteiger charge is 2.33. The van der Waals surface area contributed by atoms with Crippen LogP contribution in [0.25, 0.3) is 22.4 Å². The van der Waals surface area contributed by atoms with Crippen LogP contribution in [0.15, 0.2) is 48.8 Å². The normalized spacial score (nSPS) is 11.7. The molecule has 0 aliphatic carbocycles. The summed E-state index contributed by atoms with van der Waals surface area (Å²) in [5.41, 5.74) is 2.08. The van der Waals surface area contributed by atoms with Gasteiger partial charge in [0.25, 0.3) is 0 Å². The molecule has 0 atom stereocenters. The molecule has 3 aromatic heterocycles. The minimum Gasteiger partial charge on any atom is -0.363 e. The Morgan fingerprint density at radius 1 is 1.07 bits per heavy atom. The van der Waals surface area contributed by atoms with Gasteiger partial charge in [-0.2, -0.15) is 13.2 Å². The summed E-state index contributed by atoms with van der Waals surface area (Å²) in [6.07, 6.45) is -1.64. The predicted octanol–water partition coefficient (Wildman–Crippen LogP) is 4.35. The molecule has 28 heavy (non-hydrogen) atoms. The summed E-state index contributed by atoms with van der Waals surface area (Å²) in [5.74, 6) is 0.601. The van der Waals surface area contributed by atoms with E-state index >= 15 is 0 Å². The lowest BCUT2D eigenvalue weighted by molar-refractivity contribution is -0.141. The molecule has 0 spiro atoms. The first-order chi connectivity index (χ1) is 13.4. The number of aromatic nitrogens is 5. The number of rotatable bonds is 4. The maximum Gasteiger partial charge on any atom is 0.433 e. The summed E-state index contributed by atoms with van der Waals surface area (Å²) in [4.78, 5) is 19.4. The number of hydrogen-bond donors (Lipinski definition) is 2. The van der Waals surface area contributed by atoms with Crippen molar-refractivity contribution in [3.8, 4) is 11.4 Å². The van der Waals surface area contributed by atoms with Gasteiger partial charge in [0.15, 0.2) is 11.5 Å². The van der Waals surface area contributed by atoms with Gasteiger partial charge < -0.3 is 10.3 Å². The summed E-state index contributed by atoms with van der Waals surface area (Å²) >= 11 is 0. The first kappa shape index (κ1) is 17.9. The number of anilines is 1. The van der Waals surface area contributed by atoms with E-state index in [2.05, 4.69) is 30.2 Å². The molecule has 4 aromatic rings. The Balaban J connectivity index is 1.65. The number of imidazole rings is 1. The molecular weight excluding hydrogens is 369 g/mol. The molecule has 0 saturated heterocycles. The number of nitrogens with zero attached hydrogens (tertiary/aromatic N) is 4. The SMILES string of the molecule is Cc1cccc2[nH]c(CNc3cc(C(F)(F)F)nc(-c4cccnc4)n3)nc12. The van der Waals surface area contributed by atoms with Crippen molar-refractivity contribution in [2.45, 2.75) is 19.6 Å². The second-order valence-corrected chi connectivity index (χ2v) is 6.21. The fourth-order valence-corrected chi connectivity index (χ4v) is 2.79. The van der Waals surface area contributed by atoms with E-state index in [-0.39, 0.29) is 18.2 Å². The van der Waals surface area contributed by atoms with Gasteiger partial charge in [-0.05, 0) is 30.7 Å². The Hall–Kier alpha value is -3.49. The maximum absolute atomic E-state index is 13.3. The number of H-pyrrole nitrogens is 1. The van der Waals surface area contributed by atoms with Crippen molar-refractivity contribution in [2.24, 2.45) is 0 Å². The van der Waals surface area contributed by atoms with Gasteiger partial charge in [0.1, 0.15) is 11.6 Å². The highest BCUT2D eigenvalue weighted by molar-refractivity contribution is 5.78.